The van der Waals surface area contributed by atoms with E-state index in [-0.39, 0.29) is 41.8 Å². The molecular weight excluding hydrogens is 664 g/mol. The number of para-hydroxylation sites is 1. The van der Waals surface area contributed by atoms with Crippen molar-refractivity contribution in [3.63, 3.8) is 0 Å². The van der Waals surface area contributed by atoms with Crippen LogP contribution in [0.15, 0.2) is 65.2 Å². The van der Waals surface area contributed by atoms with Crippen LogP contribution in [0, 0.1) is 11.8 Å². The number of furan rings is 1. The standard InChI is InChI=1S/C37H33F2N5O7/c1-21-37(19-48-20-37)49-14-13-43(21)27-15-23(8-7-22-9-11-24(47-2)12-10-22)17-40-35(27)50-25-16-28(36(45)46)44(18-25)34-31-30(41-33(42-34)32(38)39)26-5-3-4-6-29(26)51-31/h3-6,9-12,15,17,21,25,28,32H,13-14,16,18-20H2,1-2H3,(H,45,46)/t21-,25-,28-/m0/s1. The maximum atomic E-state index is 14.1. The molecule has 3 saturated heterocycles. The van der Waals surface area contributed by atoms with Gasteiger partial charge in [0.2, 0.25) is 5.88 Å². The molecule has 1 N–H and O–H groups in total. The molecule has 3 fully saturated rings. The average molecular weight is 698 g/mol. The van der Waals surface area contributed by atoms with Gasteiger partial charge in [-0.3, -0.25) is 0 Å². The molecule has 1 spiro atoms. The number of fused-ring (bicyclic) bond motifs is 3. The van der Waals surface area contributed by atoms with Gasteiger partial charge < -0.3 is 38.3 Å². The summed E-state index contributed by atoms with van der Waals surface area (Å²) in [6, 6.07) is 15.0. The molecule has 3 aliphatic rings. The zero-order valence-corrected chi connectivity index (χ0v) is 27.7. The zero-order valence-electron chi connectivity index (χ0n) is 27.7. The fraction of sp³-hybridized carbons (Fsp3) is 0.351. The van der Waals surface area contributed by atoms with Gasteiger partial charge in [-0.25, -0.2) is 28.5 Å². The van der Waals surface area contributed by atoms with Crippen LogP contribution >= 0.6 is 0 Å². The zero-order chi connectivity index (χ0) is 35.3. The molecule has 51 heavy (non-hydrogen) atoms. The third-order valence-corrected chi connectivity index (χ3v) is 9.74. The van der Waals surface area contributed by atoms with Crippen molar-refractivity contribution in [1.29, 1.82) is 0 Å². The first-order chi connectivity index (χ1) is 24.7. The number of anilines is 2. The van der Waals surface area contributed by atoms with Crippen LogP contribution in [0.3, 0.4) is 0 Å². The lowest BCUT2D eigenvalue weighted by atomic mass is 9.90. The second-order valence-corrected chi connectivity index (χ2v) is 12.8. The molecule has 0 bridgehead atoms. The number of hydrogen-bond acceptors (Lipinski definition) is 11. The highest BCUT2D eigenvalue weighted by Gasteiger charge is 2.50. The van der Waals surface area contributed by atoms with E-state index in [0.717, 1.165) is 11.3 Å². The van der Waals surface area contributed by atoms with Crippen LogP contribution < -0.4 is 19.3 Å². The summed E-state index contributed by atoms with van der Waals surface area (Å²) in [5.41, 5.74) is 2.37. The molecule has 2 aromatic carbocycles. The summed E-state index contributed by atoms with van der Waals surface area (Å²) in [6.45, 7) is 4.00. The fourth-order valence-electron chi connectivity index (χ4n) is 6.92. The van der Waals surface area contributed by atoms with Crippen molar-refractivity contribution in [3.8, 4) is 23.5 Å². The Bertz CT molecular complexity index is 2180. The van der Waals surface area contributed by atoms with Crippen LogP contribution in [0.5, 0.6) is 11.6 Å². The van der Waals surface area contributed by atoms with Crippen molar-refractivity contribution in [2.75, 3.05) is 49.8 Å². The van der Waals surface area contributed by atoms with Crippen LogP contribution in [0.2, 0.25) is 0 Å². The van der Waals surface area contributed by atoms with Gasteiger partial charge in [0.25, 0.3) is 6.43 Å². The van der Waals surface area contributed by atoms with Crippen LogP contribution in [-0.2, 0) is 14.3 Å². The number of nitrogens with zero attached hydrogens (tertiary/aromatic N) is 5. The number of methoxy groups -OCH3 is 1. The number of alkyl halides is 2. The van der Waals surface area contributed by atoms with E-state index in [4.69, 9.17) is 28.3 Å². The second kappa shape index (κ2) is 13.0. The summed E-state index contributed by atoms with van der Waals surface area (Å²) in [6.07, 6.45) is -2.05. The van der Waals surface area contributed by atoms with E-state index >= 15 is 0 Å². The van der Waals surface area contributed by atoms with Gasteiger partial charge in [-0.1, -0.05) is 24.0 Å². The smallest absolute Gasteiger partial charge is 0.326 e. The summed E-state index contributed by atoms with van der Waals surface area (Å²) >= 11 is 0. The molecule has 262 valence electrons. The summed E-state index contributed by atoms with van der Waals surface area (Å²) < 4.78 is 57.7. The van der Waals surface area contributed by atoms with E-state index in [9.17, 15) is 18.7 Å². The number of hydrogen-bond donors (Lipinski definition) is 1. The molecule has 0 saturated carbocycles. The number of carboxylic acid groups (broad SMARTS) is 1. The second-order valence-electron chi connectivity index (χ2n) is 12.8. The number of aromatic nitrogens is 3. The quantitative estimate of drug-likeness (QED) is 0.224. The summed E-state index contributed by atoms with van der Waals surface area (Å²) in [7, 11) is 1.60. The molecule has 0 radical (unpaired) electrons. The van der Waals surface area contributed by atoms with Gasteiger partial charge in [-0.05, 0) is 49.4 Å². The fourth-order valence-corrected chi connectivity index (χ4v) is 6.92. The first kappa shape index (κ1) is 32.7. The highest BCUT2D eigenvalue weighted by molar-refractivity contribution is 6.06. The molecule has 6 heterocycles. The normalized spacial score (nSPS) is 21.2. The molecule has 14 heteroatoms. The Hall–Kier alpha value is -5.52. The van der Waals surface area contributed by atoms with Crippen LogP contribution in [0.1, 0.15) is 36.7 Å². The molecular formula is C37H33F2N5O7. The van der Waals surface area contributed by atoms with E-state index < -0.39 is 36.0 Å². The molecule has 0 aliphatic carbocycles. The third kappa shape index (κ3) is 5.92. The predicted molar refractivity (Wildman–Crippen MR) is 182 cm³/mol. The monoisotopic (exact) mass is 697 g/mol. The molecule has 0 amide bonds. The number of halogens is 2. The SMILES string of the molecule is COc1ccc(C#Cc2cnc(O[C@H]3C[C@@H](C(=O)O)N(c4nc(C(F)F)nc5c4oc4ccccc45)C3)c(N3CCOC4(COC4)[C@@H]3C)c2)cc1. The molecule has 8 rings (SSSR count). The third-order valence-electron chi connectivity index (χ3n) is 9.74. The molecule has 3 atom stereocenters. The minimum atomic E-state index is -2.99. The number of benzene rings is 2. The first-order valence-electron chi connectivity index (χ1n) is 16.5. The van der Waals surface area contributed by atoms with Crippen molar-refractivity contribution in [1.82, 2.24) is 15.0 Å². The Kier molecular flexibility index (Phi) is 8.32. The minimum Gasteiger partial charge on any atom is -0.497 e. The number of carbonyl (C=O) groups is 1. The van der Waals surface area contributed by atoms with E-state index in [0.29, 0.717) is 48.6 Å². The number of carboxylic acids is 1. The number of pyridine rings is 1. The Morgan fingerprint density at radius 1 is 1.08 bits per heavy atom. The van der Waals surface area contributed by atoms with Gasteiger partial charge in [-0.15, -0.1) is 0 Å². The Morgan fingerprint density at radius 3 is 2.59 bits per heavy atom. The van der Waals surface area contributed by atoms with Crippen LogP contribution in [0.4, 0.5) is 20.3 Å². The lowest BCUT2D eigenvalue weighted by Gasteiger charge is -2.53. The topological polar surface area (TPSA) is 133 Å². The molecule has 5 aromatic rings. The van der Waals surface area contributed by atoms with Gasteiger partial charge in [0.15, 0.2) is 17.2 Å². The van der Waals surface area contributed by atoms with Crippen molar-refractivity contribution < 1.29 is 42.0 Å². The molecule has 3 aliphatic heterocycles. The van der Waals surface area contributed by atoms with Gasteiger partial charge in [0.05, 0.1) is 39.5 Å². The highest BCUT2D eigenvalue weighted by atomic mass is 19.3. The van der Waals surface area contributed by atoms with Crippen LogP contribution in [0.25, 0.3) is 22.1 Å². The van der Waals surface area contributed by atoms with Crippen molar-refractivity contribution in [2.24, 2.45) is 0 Å². The van der Waals surface area contributed by atoms with Crippen molar-refractivity contribution in [2.45, 2.75) is 43.6 Å². The van der Waals surface area contributed by atoms with Crippen LogP contribution in [-0.4, -0.2) is 89.8 Å². The van der Waals surface area contributed by atoms with E-state index in [1.54, 1.807) is 37.6 Å². The van der Waals surface area contributed by atoms with E-state index in [1.807, 2.05) is 30.3 Å². The van der Waals surface area contributed by atoms with Gasteiger partial charge in [0.1, 0.15) is 40.3 Å². The number of morpholine rings is 1. The highest BCUT2D eigenvalue weighted by Crippen LogP contribution is 2.41. The van der Waals surface area contributed by atoms with Gasteiger partial charge in [0, 0.05) is 35.7 Å². The summed E-state index contributed by atoms with van der Waals surface area (Å²) in [4.78, 5) is 29.2. The van der Waals surface area contributed by atoms with Crippen molar-refractivity contribution >= 4 is 39.5 Å². The summed E-state index contributed by atoms with van der Waals surface area (Å²) in [5, 5.41) is 10.9. The predicted octanol–water partition coefficient (Wildman–Crippen LogP) is 5.22. The maximum absolute atomic E-state index is 14.1. The first-order valence-corrected chi connectivity index (χ1v) is 16.5. The Morgan fingerprint density at radius 2 is 1.86 bits per heavy atom. The molecule has 12 nitrogen and oxygen atoms in total. The minimum absolute atomic E-state index is 0.0133. The summed E-state index contributed by atoms with van der Waals surface area (Å²) in [5.74, 6) is 5.47. The Labute approximate surface area is 290 Å². The van der Waals surface area contributed by atoms with Crippen molar-refractivity contribution in [3.05, 3.63) is 77.7 Å². The largest absolute Gasteiger partial charge is 0.497 e. The lowest BCUT2D eigenvalue weighted by Crippen LogP contribution is -2.68. The number of rotatable bonds is 7. The van der Waals surface area contributed by atoms with Gasteiger partial charge in [-0.2, -0.15) is 0 Å². The maximum Gasteiger partial charge on any atom is 0.326 e. The van der Waals surface area contributed by atoms with Gasteiger partial charge >= 0.3 is 5.97 Å². The molecule has 3 aromatic heterocycles. The lowest BCUT2D eigenvalue weighted by molar-refractivity contribution is -0.228. The number of aliphatic carboxylic acids is 1. The average Bonchev–Trinajstić information content (AvgIpc) is 3.72. The molecule has 0 unspecified atom stereocenters. The van der Waals surface area contributed by atoms with E-state index in [2.05, 4.69) is 33.6 Å². The number of ether oxygens (including phenoxy) is 4. The van der Waals surface area contributed by atoms with E-state index in [1.165, 1.54) is 4.90 Å². The Balaban J connectivity index is 1.15.